The highest BCUT2D eigenvalue weighted by molar-refractivity contribution is 5.02. The van der Waals surface area contributed by atoms with E-state index >= 15 is 0 Å². The molecule has 2 heterocycles. The van der Waals surface area contributed by atoms with Gasteiger partial charge in [0.25, 0.3) is 0 Å². The highest BCUT2D eigenvalue weighted by atomic mass is 16.5. The van der Waals surface area contributed by atoms with Gasteiger partial charge in [-0.15, -0.1) is 0 Å². The summed E-state index contributed by atoms with van der Waals surface area (Å²) in [5, 5.41) is 0. The number of nitrogens with one attached hydrogen (secondary N) is 1. The summed E-state index contributed by atoms with van der Waals surface area (Å²) in [6.07, 6.45) is 8.09. The van der Waals surface area contributed by atoms with Gasteiger partial charge in [0.1, 0.15) is 6.61 Å². The first-order valence-electron chi connectivity index (χ1n) is 3.81. The van der Waals surface area contributed by atoms with Gasteiger partial charge in [-0.25, -0.2) is 4.98 Å². The van der Waals surface area contributed by atoms with E-state index in [0.717, 1.165) is 5.69 Å². The molecule has 0 aliphatic carbocycles. The van der Waals surface area contributed by atoms with Crippen molar-refractivity contribution in [2.45, 2.75) is 6.61 Å². The van der Waals surface area contributed by atoms with Crippen molar-refractivity contribution in [2.24, 2.45) is 0 Å². The normalized spacial score (nSPS) is 9.85. The lowest BCUT2D eigenvalue weighted by molar-refractivity contribution is 0.290. The molecule has 0 saturated heterocycles. The second-order valence-corrected chi connectivity index (χ2v) is 2.40. The van der Waals surface area contributed by atoms with Crippen molar-refractivity contribution >= 4 is 0 Å². The zero-order valence-electron chi connectivity index (χ0n) is 6.84. The molecule has 2 rings (SSSR count). The molecule has 0 fully saturated rings. The first kappa shape index (κ1) is 7.72. The zero-order valence-corrected chi connectivity index (χ0v) is 6.84. The van der Waals surface area contributed by atoms with Crippen LogP contribution in [0.15, 0.2) is 31.1 Å². The Bertz CT molecular complexity index is 346. The lowest BCUT2D eigenvalue weighted by atomic mass is 10.5. The molecule has 13 heavy (non-hydrogen) atoms. The monoisotopic (exact) mass is 176 g/mol. The van der Waals surface area contributed by atoms with Crippen molar-refractivity contribution in [1.82, 2.24) is 19.9 Å². The maximum absolute atomic E-state index is 5.31. The summed E-state index contributed by atoms with van der Waals surface area (Å²) < 4.78 is 5.31. The van der Waals surface area contributed by atoms with Crippen LogP contribution < -0.4 is 4.74 Å². The van der Waals surface area contributed by atoms with Gasteiger partial charge in [-0.3, -0.25) is 9.97 Å². The van der Waals surface area contributed by atoms with Crippen molar-refractivity contribution in [1.29, 1.82) is 0 Å². The van der Waals surface area contributed by atoms with E-state index in [1.807, 2.05) is 0 Å². The van der Waals surface area contributed by atoms with E-state index in [0.29, 0.717) is 12.5 Å². The number of ether oxygens (including phenoxy) is 1. The minimum atomic E-state index is 0.399. The summed E-state index contributed by atoms with van der Waals surface area (Å²) >= 11 is 0. The molecule has 0 unspecified atom stereocenters. The number of H-pyrrole nitrogens is 1. The van der Waals surface area contributed by atoms with Gasteiger partial charge in [-0.1, -0.05) is 0 Å². The summed E-state index contributed by atoms with van der Waals surface area (Å²) in [6.45, 7) is 0.399. The van der Waals surface area contributed by atoms with E-state index in [1.54, 1.807) is 31.1 Å². The molecule has 0 atom stereocenters. The maximum atomic E-state index is 5.31. The quantitative estimate of drug-likeness (QED) is 0.750. The highest BCUT2D eigenvalue weighted by Crippen LogP contribution is 2.04. The maximum Gasteiger partial charge on any atom is 0.211 e. The minimum Gasteiger partial charge on any atom is -0.471 e. The molecule has 0 saturated carbocycles. The van der Waals surface area contributed by atoms with E-state index in [4.69, 9.17) is 4.74 Å². The summed E-state index contributed by atoms with van der Waals surface area (Å²) in [5.74, 6) is 0.630. The summed E-state index contributed by atoms with van der Waals surface area (Å²) in [4.78, 5) is 14.6. The molecule has 5 heteroatoms. The summed E-state index contributed by atoms with van der Waals surface area (Å²) in [7, 11) is 0. The molecule has 5 nitrogen and oxygen atoms in total. The molecule has 0 amide bonds. The Morgan fingerprint density at radius 1 is 1.23 bits per heavy atom. The average Bonchev–Trinajstić information content (AvgIpc) is 2.69. The Labute approximate surface area is 74.8 Å². The van der Waals surface area contributed by atoms with Gasteiger partial charge >= 0.3 is 0 Å². The molecule has 0 aliphatic rings. The van der Waals surface area contributed by atoms with Crippen molar-refractivity contribution < 1.29 is 4.74 Å². The van der Waals surface area contributed by atoms with Crippen molar-refractivity contribution in [3.05, 3.63) is 36.8 Å². The van der Waals surface area contributed by atoms with Crippen LogP contribution in [0.4, 0.5) is 0 Å². The van der Waals surface area contributed by atoms with E-state index in [9.17, 15) is 0 Å². The Morgan fingerprint density at radius 3 is 2.92 bits per heavy atom. The van der Waals surface area contributed by atoms with Crippen LogP contribution in [0.3, 0.4) is 0 Å². The minimum absolute atomic E-state index is 0.399. The Kier molecular flexibility index (Phi) is 2.18. The van der Waals surface area contributed by atoms with Crippen LogP contribution in [0.2, 0.25) is 0 Å². The molecular weight excluding hydrogens is 168 g/mol. The number of aromatic nitrogens is 4. The predicted molar refractivity (Wildman–Crippen MR) is 45.0 cm³/mol. The molecule has 0 spiro atoms. The van der Waals surface area contributed by atoms with E-state index in [-0.39, 0.29) is 0 Å². The smallest absolute Gasteiger partial charge is 0.211 e. The van der Waals surface area contributed by atoms with E-state index < -0.39 is 0 Å². The molecule has 2 aromatic heterocycles. The standard InChI is InChI=1S/C8H8N4O/c1-2-11-7(3-9-1)5-13-8-4-10-6-12-8/h1-4,6H,5H2,(H,10,12). The number of aromatic amines is 1. The van der Waals surface area contributed by atoms with Crippen LogP contribution in [0, 0.1) is 0 Å². The Hall–Kier alpha value is -1.91. The van der Waals surface area contributed by atoms with Gasteiger partial charge in [0.05, 0.1) is 24.4 Å². The lowest BCUT2D eigenvalue weighted by Gasteiger charge is -2.00. The Morgan fingerprint density at radius 2 is 2.23 bits per heavy atom. The largest absolute Gasteiger partial charge is 0.471 e. The van der Waals surface area contributed by atoms with Crippen LogP contribution in [0.1, 0.15) is 5.69 Å². The van der Waals surface area contributed by atoms with Gasteiger partial charge in [-0.2, -0.15) is 0 Å². The number of nitrogens with zero attached hydrogens (tertiary/aromatic N) is 3. The molecular formula is C8H8N4O. The Balaban J connectivity index is 1.94. The van der Waals surface area contributed by atoms with Crippen LogP contribution in [-0.4, -0.2) is 19.9 Å². The van der Waals surface area contributed by atoms with Crippen molar-refractivity contribution in [3.63, 3.8) is 0 Å². The number of hydrogen-bond acceptors (Lipinski definition) is 4. The molecule has 0 bridgehead atoms. The number of imidazole rings is 1. The van der Waals surface area contributed by atoms with Gasteiger partial charge in [0.15, 0.2) is 0 Å². The fourth-order valence-corrected chi connectivity index (χ4v) is 0.878. The molecule has 1 N–H and O–H groups in total. The molecule has 0 radical (unpaired) electrons. The summed E-state index contributed by atoms with van der Waals surface area (Å²) in [5.41, 5.74) is 0.789. The number of hydrogen-bond donors (Lipinski definition) is 1. The van der Waals surface area contributed by atoms with Crippen molar-refractivity contribution in [2.75, 3.05) is 0 Å². The average molecular weight is 176 g/mol. The first-order valence-corrected chi connectivity index (χ1v) is 3.81. The second kappa shape index (κ2) is 3.66. The number of rotatable bonds is 3. The third-order valence-electron chi connectivity index (χ3n) is 1.47. The SMILES string of the molecule is c1cnc(COc2cnc[nH]2)cn1. The first-order chi connectivity index (χ1) is 6.45. The van der Waals surface area contributed by atoms with E-state index in [2.05, 4.69) is 19.9 Å². The van der Waals surface area contributed by atoms with Gasteiger partial charge < -0.3 is 9.72 Å². The fraction of sp³-hybridized carbons (Fsp3) is 0.125. The molecule has 2 aromatic rings. The second-order valence-electron chi connectivity index (χ2n) is 2.40. The van der Waals surface area contributed by atoms with Crippen LogP contribution >= 0.6 is 0 Å². The lowest BCUT2D eigenvalue weighted by Crippen LogP contribution is -1.98. The molecule has 0 aromatic carbocycles. The fourth-order valence-electron chi connectivity index (χ4n) is 0.878. The molecule has 66 valence electrons. The van der Waals surface area contributed by atoms with Crippen LogP contribution in [-0.2, 0) is 6.61 Å². The zero-order chi connectivity index (χ0) is 8.93. The van der Waals surface area contributed by atoms with Gasteiger partial charge in [0, 0.05) is 12.4 Å². The third kappa shape index (κ3) is 2.02. The predicted octanol–water partition coefficient (Wildman–Crippen LogP) is 0.779. The van der Waals surface area contributed by atoms with E-state index in [1.165, 1.54) is 0 Å². The van der Waals surface area contributed by atoms with Crippen molar-refractivity contribution in [3.8, 4) is 5.88 Å². The topological polar surface area (TPSA) is 63.7 Å². The summed E-state index contributed by atoms with van der Waals surface area (Å²) in [6, 6.07) is 0. The third-order valence-corrected chi connectivity index (χ3v) is 1.47. The van der Waals surface area contributed by atoms with Gasteiger partial charge in [-0.05, 0) is 0 Å². The highest BCUT2D eigenvalue weighted by Gasteiger charge is 1.96. The molecule has 0 aliphatic heterocycles. The van der Waals surface area contributed by atoms with Crippen LogP contribution in [0.25, 0.3) is 0 Å². The van der Waals surface area contributed by atoms with Crippen LogP contribution in [0.5, 0.6) is 5.88 Å². The van der Waals surface area contributed by atoms with Gasteiger partial charge in [0.2, 0.25) is 5.88 Å².